The van der Waals surface area contributed by atoms with Gasteiger partial charge in [-0.2, -0.15) is 0 Å². The van der Waals surface area contributed by atoms with E-state index in [0.717, 1.165) is 12.1 Å². The second kappa shape index (κ2) is 6.85. The fourth-order valence-electron chi connectivity index (χ4n) is 1.42. The lowest BCUT2D eigenvalue weighted by Crippen LogP contribution is -2.41. The van der Waals surface area contributed by atoms with Crippen molar-refractivity contribution < 1.29 is 23.9 Å². The monoisotopic (exact) mass is 302 g/mol. The van der Waals surface area contributed by atoms with E-state index in [1.807, 2.05) is 0 Å². The molecule has 1 atom stereocenters. The lowest BCUT2D eigenvalue weighted by Gasteiger charge is -2.13. The number of hydrogen-bond donors (Lipinski definition) is 3. The maximum atomic E-state index is 13.0. The third-order valence-corrected chi connectivity index (χ3v) is 2.75. The largest absolute Gasteiger partial charge is 0.480 e. The molecule has 20 heavy (non-hydrogen) atoms. The van der Waals surface area contributed by atoms with Crippen LogP contribution in [-0.2, 0) is 9.59 Å². The zero-order chi connectivity index (χ0) is 15.3. The Morgan fingerprint density at radius 1 is 1.40 bits per heavy atom. The van der Waals surface area contributed by atoms with Gasteiger partial charge < -0.3 is 16.2 Å². The predicted molar refractivity (Wildman–Crippen MR) is 68.7 cm³/mol. The number of carbonyl (C=O) groups excluding carboxylic acids is 2. The smallest absolute Gasteiger partial charge is 0.326 e. The van der Waals surface area contributed by atoms with Gasteiger partial charge in [-0.05, 0) is 24.6 Å². The molecule has 0 fully saturated rings. The van der Waals surface area contributed by atoms with Crippen molar-refractivity contribution in [3.8, 4) is 0 Å². The highest BCUT2D eigenvalue weighted by Crippen LogP contribution is 2.16. The standard InChI is InChI=1S/C12H12ClFN2O4/c13-7-5-6(1-2-8(7)14)11(18)16-9(12(19)20)3-4-10(15)17/h1-2,5,9H,3-4H2,(H2,15,17)(H,16,18)(H,19,20). The van der Waals surface area contributed by atoms with Gasteiger partial charge in [-0.1, -0.05) is 11.6 Å². The second-order valence-corrected chi connectivity index (χ2v) is 4.41. The summed E-state index contributed by atoms with van der Waals surface area (Å²) in [6.07, 6.45) is -0.313. The molecule has 0 aliphatic carbocycles. The maximum Gasteiger partial charge on any atom is 0.326 e. The fourth-order valence-corrected chi connectivity index (χ4v) is 1.60. The molecule has 0 saturated carbocycles. The summed E-state index contributed by atoms with van der Waals surface area (Å²) < 4.78 is 13.0. The summed E-state index contributed by atoms with van der Waals surface area (Å²) in [5.41, 5.74) is 4.93. The number of nitrogens with two attached hydrogens (primary N) is 1. The van der Waals surface area contributed by atoms with Crippen molar-refractivity contribution in [1.82, 2.24) is 5.32 Å². The minimum absolute atomic E-state index is 0.0155. The highest BCUT2D eigenvalue weighted by Gasteiger charge is 2.21. The molecule has 0 saturated heterocycles. The highest BCUT2D eigenvalue weighted by atomic mass is 35.5. The van der Waals surface area contributed by atoms with Crippen LogP contribution in [0, 0.1) is 5.82 Å². The van der Waals surface area contributed by atoms with E-state index in [1.54, 1.807) is 0 Å². The molecule has 0 heterocycles. The van der Waals surface area contributed by atoms with Crippen LogP contribution < -0.4 is 11.1 Å². The lowest BCUT2D eigenvalue weighted by atomic mass is 10.1. The number of carbonyl (C=O) groups is 3. The summed E-state index contributed by atoms with van der Waals surface area (Å²) in [5.74, 6) is -3.39. The summed E-state index contributed by atoms with van der Waals surface area (Å²) in [5, 5.41) is 10.9. The van der Waals surface area contributed by atoms with Crippen molar-refractivity contribution in [2.45, 2.75) is 18.9 Å². The van der Waals surface area contributed by atoms with Crippen LogP contribution in [0.25, 0.3) is 0 Å². The van der Waals surface area contributed by atoms with Gasteiger partial charge in [-0.3, -0.25) is 9.59 Å². The number of benzene rings is 1. The van der Waals surface area contributed by atoms with Crippen LogP contribution in [0.15, 0.2) is 18.2 Å². The molecule has 0 aromatic heterocycles. The minimum Gasteiger partial charge on any atom is -0.480 e. The molecule has 108 valence electrons. The number of aliphatic carboxylic acids is 1. The molecule has 8 heteroatoms. The zero-order valence-electron chi connectivity index (χ0n) is 10.2. The lowest BCUT2D eigenvalue weighted by molar-refractivity contribution is -0.139. The van der Waals surface area contributed by atoms with Crippen LogP contribution in [0.2, 0.25) is 5.02 Å². The van der Waals surface area contributed by atoms with Gasteiger partial charge in [0.15, 0.2) is 0 Å². The number of amides is 2. The average Bonchev–Trinajstić information content (AvgIpc) is 2.36. The van der Waals surface area contributed by atoms with E-state index in [4.69, 9.17) is 22.4 Å². The van der Waals surface area contributed by atoms with E-state index in [9.17, 15) is 18.8 Å². The molecule has 0 aliphatic rings. The molecule has 1 rings (SSSR count). The van der Waals surface area contributed by atoms with Crippen LogP contribution in [-0.4, -0.2) is 28.9 Å². The second-order valence-electron chi connectivity index (χ2n) is 4.00. The molecular weight excluding hydrogens is 291 g/mol. The van der Waals surface area contributed by atoms with Gasteiger partial charge in [-0.15, -0.1) is 0 Å². The number of rotatable bonds is 6. The Kier molecular flexibility index (Phi) is 5.45. The van der Waals surface area contributed by atoms with Crippen molar-refractivity contribution in [2.75, 3.05) is 0 Å². The van der Waals surface area contributed by atoms with Crippen molar-refractivity contribution >= 4 is 29.4 Å². The number of carboxylic acids is 1. The van der Waals surface area contributed by atoms with Gasteiger partial charge in [0.2, 0.25) is 5.91 Å². The Morgan fingerprint density at radius 2 is 2.05 bits per heavy atom. The van der Waals surface area contributed by atoms with Crippen LogP contribution in [0.3, 0.4) is 0 Å². The Morgan fingerprint density at radius 3 is 2.55 bits per heavy atom. The van der Waals surface area contributed by atoms with Crippen LogP contribution in [0.1, 0.15) is 23.2 Å². The number of halogens is 2. The molecule has 6 nitrogen and oxygen atoms in total. The molecule has 0 bridgehead atoms. The predicted octanol–water partition coefficient (Wildman–Crippen LogP) is 0.928. The number of hydrogen-bond acceptors (Lipinski definition) is 3. The van der Waals surface area contributed by atoms with Crippen molar-refractivity contribution in [3.05, 3.63) is 34.6 Å². The number of nitrogens with one attached hydrogen (secondary N) is 1. The minimum atomic E-state index is -1.30. The molecule has 0 aliphatic heterocycles. The molecular formula is C12H12ClFN2O4. The molecule has 4 N–H and O–H groups in total. The Balaban J connectivity index is 2.77. The van der Waals surface area contributed by atoms with Gasteiger partial charge in [0, 0.05) is 12.0 Å². The summed E-state index contributed by atoms with van der Waals surface area (Å²) in [6, 6.07) is 1.98. The van der Waals surface area contributed by atoms with Crippen LogP contribution >= 0.6 is 11.6 Å². The third-order valence-electron chi connectivity index (χ3n) is 2.46. The van der Waals surface area contributed by atoms with Gasteiger partial charge in [0.05, 0.1) is 5.02 Å². The van der Waals surface area contributed by atoms with E-state index in [-0.39, 0.29) is 23.4 Å². The normalized spacial score (nSPS) is 11.7. The first-order valence-corrected chi connectivity index (χ1v) is 5.96. The summed E-state index contributed by atoms with van der Waals surface area (Å²) >= 11 is 5.53. The van der Waals surface area contributed by atoms with Gasteiger partial charge >= 0.3 is 5.97 Å². The van der Waals surface area contributed by atoms with Crippen molar-refractivity contribution in [2.24, 2.45) is 5.73 Å². The first-order valence-electron chi connectivity index (χ1n) is 5.58. The number of carboxylic acid groups (broad SMARTS) is 1. The zero-order valence-corrected chi connectivity index (χ0v) is 11.0. The molecule has 1 aromatic carbocycles. The summed E-state index contributed by atoms with van der Waals surface area (Å²) in [7, 11) is 0. The average molecular weight is 303 g/mol. The highest BCUT2D eigenvalue weighted by molar-refractivity contribution is 6.31. The SMILES string of the molecule is NC(=O)CCC(NC(=O)c1ccc(F)c(Cl)c1)C(=O)O. The van der Waals surface area contributed by atoms with E-state index >= 15 is 0 Å². The molecule has 0 radical (unpaired) electrons. The quantitative estimate of drug-likeness (QED) is 0.726. The molecule has 2 amide bonds. The van der Waals surface area contributed by atoms with E-state index < -0.39 is 29.6 Å². The maximum absolute atomic E-state index is 13.0. The van der Waals surface area contributed by atoms with E-state index in [2.05, 4.69) is 5.32 Å². The van der Waals surface area contributed by atoms with Crippen molar-refractivity contribution in [3.63, 3.8) is 0 Å². The van der Waals surface area contributed by atoms with E-state index in [1.165, 1.54) is 6.07 Å². The van der Waals surface area contributed by atoms with Crippen LogP contribution in [0.4, 0.5) is 4.39 Å². The summed E-state index contributed by atoms with van der Waals surface area (Å²) in [4.78, 5) is 33.4. The third kappa shape index (κ3) is 4.51. The van der Waals surface area contributed by atoms with Gasteiger partial charge in [0.1, 0.15) is 11.9 Å². The first kappa shape index (κ1) is 15.9. The van der Waals surface area contributed by atoms with Crippen LogP contribution in [0.5, 0.6) is 0 Å². The van der Waals surface area contributed by atoms with Gasteiger partial charge in [-0.25, -0.2) is 9.18 Å². The van der Waals surface area contributed by atoms with Crippen molar-refractivity contribution in [1.29, 1.82) is 0 Å². The molecule has 1 unspecified atom stereocenters. The topological polar surface area (TPSA) is 109 Å². The fraction of sp³-hybridized carbons (Fsp3) is 0.250. The Bertz CT molecular complexity index is 550. The molecule has 1 aromatic rings. The van der Waals surface area contributed by atoms with Gasteiger partial charge in [0.25, 0.3) is 5.91 Å². The van der Waals surface area contributed by atoms with E-state index in [0.29, 0.717) is 0 Å². The Hall–Kier alpha value is -2.15. The number of primary amides is 1. The molecule has 0 spiro atoms. The first-order chi connectivity index (χ1) is 9.31. The Labute approximate surface area is 118 Å². The summed E-state index contributed by atoms with van der Waals surface area (Å²) in [6.45, 7) is 0.